The Morgan fingerprint density at radius 1 is 0.875 bits per heavy atom. The van der Waals surface area contributed by atoms with Crippen LogP contribution in [0, 0.1) is 17.7 Å². The van der Waals surface area contributed by atoms with Gasteiger partial charge in [-0.25, -0.2) is 14.0 Å². The Hall–Kier alpha value is -4.04. The molecule has 2 aliphatic rings. The monoisotopic (exact) mass is 688 g/mol. The van der Waals surface area contributed by atoms with E-state index in [1.54, 1.807) is 4.90 Å². The quantitative estimate of drug-likeness (QED) is 0.305. The van der Waals surface area contributed by atoms with E-state index in [0.717, 1.165) is 7.05 Å². The van der Waals surface area contributed by atoms with Gasteiger partial charge >= 0.3 is 24.5 Å². The molecule has 2 aromatic carbocycles. The van der Waals surface area contributed by atoms with Crippen molar-refractivity contribution in [2.75, 3.05) is 38.6 Å². The maximum absolute atomic E-state index is 13.8. The lowest BCUT2D eigenvalue weighted by atomic mass is 9.84. The first-order chi connectivity index (χ1) is 22.3. The number of carboxylic acid groups (broad SMARTS) is 1. The van der Waals surface area contributed by atoms with E-state index in [0.29, 0.717) is 54.8 Å². The minimum Gasteiger partial charge on any atom is -0.465 e. The number of carbonyl (C=O) groups is 3. The van der Waals surface area contributed by atoms with E-state index in [1.807, 2.05) is 13.8 Å². The summed E-state index contributed by atoms with van der Waals surface area (Å²) in [5.74, 6) is -1.53. The summed E-state index contributed by atoms with van der Waals surface area (Å²) in [6.45, 7) is 4.37. The van der Waals surface area contributed by atoms with Gasteiger partial charge in [-0.1, -0.05) is 26.0 Å². The summed E-state index contributed by atoms with van der Waals surface area (Å²) in [5.41, 5.74) is -3.17. The minimum atomic E-state index is -5.11. The fourth-order valence-electron chi connectivity index (χ4n) is 6.69. The van der Waals surface area contributed by atoms with Crippen molar-refractivity contribution in [3.8, 4) is 0 Å². The van der Waals surface area contributed by atoms with Gasteiger partial charge in [-0.05, 0) is 67.5 Å². The number of hydrogen-bond acceptors (Lipinski definition) is 3. The number of alkyl halides is 6. The van der Waals surface area contributed by atoms with Gasteiger partial charge in [0.25, 0.3) is 0 Å². The Balaban J connectivity index is 1.56. The number of carbonyl (C=O) groups excluding carboxylic acids is 2. The van der Waals surface area contributed by atoms with Gasteiger partial charge in [-0.2, -0.15) is 26.3 Å². The van der Waals surface area contributed by atoms with E-state index >= 15 is 0 Å². The molecule has 0 aromatic heterocycles. The zero-order chi connectivity index (χ0) is 35.7. The third-order valence-electron chi connectivity index (χ3n) is 9.24. The zero-order valence-electron chi connectivity index (χ0n) is 27.0. The fourth-order valence-corrected chi connectivity index (χ4v) is 6.69. The minimum absolute atomic E-state index is 0.0158. The van der Waals surface area contributed by atoms with Gasteiger partial charge in [0, 0.05) is 57.3 Å². The summed E-state index contributed by atoms with van der Waals surface area (Å²) in [5, 5.41) is 9.70. The van der Waals surface area contributed by atoms with Crippen LogP contribution in [0.4, 0.5) is 46.0 Å². The largest absolute Gasteiger partial charge is 0.465 e. The maximum Gasteiger partial charge on any atom is 0.416 e. The van der Waals surface area contributed by atoms with Gasteiger partial charge in [-0.3, -0.25) is 9.69 Å². The number of nitrogens with zero attached hydrogens (tertiary/aromatic N) is 4. The van der Waals surface area contributed by atoms with Gasteiger partial charge in [-0.15, -0.1) is 0 Å². The molecule has 264 valence electrons. The number of likely N-dealkylation sites (tertiary alicyclic amines) is 1. The Bertz CT molecular complexity index is 1440. The molecule has 0 bridgehead atoms. The van der Waals surface area contributed by atoms with Crippen molar-refractivity contribution in [2.45, 2.75) is 69.9 Å². The van der Waals surface area contributed by atoms with Crippen LogP contribution in [-0.2, 0) is 17.1 Å². The van der Waals surface area contributed by atoms with Crippen molar-refractivity contribution in [3.63, 3.8) is 0 Å². The maximum atomic E-state index is 13.8. The lowest BCUT2D eigenvalue weighted by Crippen LogP contribution is -2.48. The molecular weight excluding hydrogens is 649 g/mol. The van der Waals surface area contributed by atoms with E-state index in [4.69, 9.17) is 0 Å². The number of amides is 4. The van der Waals surface area contributed by atoms with Crippen molar-refractivity contribution in [3.05, 3.63) is 65.0 Å². The second kappa shape index (κ2) is 14.2. The third-order valence-corrected chi connectivity index (χ3v) is 9.24. The predicted molar refractivity (Wildman–Crippen MR) is 163 cm³/mol. The average Bonchev–Trinajstić information content (AvgIpc) is 3.47. The first kappa shape index (κ1) is 36.8. The number of hydrogen-bond donors (Lipinski definition) is 1. The summed E-state index contributed by atoms with van der Waals surface area (Å²) in [6, 6.07) is 4.47. The summed E-state index contributed by atoms with van der Waals surface area (Å²) < 4.78 is 94.9. The Kier molecular flexibility index (Phi) is 10.9. The molecule has 2 aromatic rings. The van der Waals surface area contributed by atoms with Crippen LogP contribution in [0.25, 0.3) is 0 Å². The van der Waals surface area contributed by atoms with Crippen molar-refractivity contribution in [1.82, 2.24) is 14.7 Å². The molecule has 1 aliphatic carbocycles. The Labute approximate surface area is 274 Å². The van der Waals surface area contributed by atoms with Gasteiger partial charge < -0.3 is 19.8 Å². The number of halogens is 7. The van der Waals surface area contributed by atoms with Crippen LogP contribution in [0.1, 0.15) is 62.1 Å². The normalized spacial score (nSPS) is 21.7. The lowest BCUT2D eigenvalue weighted by molar-refractivity contribution is -0.143. The van der Waals surface area contributed by atoms with Gasteiger partial charge in [0.15, 0.2) is 0 Å². The van der Waals surface area contributed by atoms with Crippen LogP contribution in [0.15, 0.2) is 42.5 Å². The van der Waals surface area contributed by atoms with Gasteiger partial charge in [0.1, 0.15) is 5.82 Å². The highest BCUT2D eigenvalue weighted by molar-refractivity contribution is 5.92. The van der Waals surface area contributed by atoms with Crippen molar-refractivity contribution < 1.29 is 50.2 Å². The fraction of sp³-hybridized carbons (Fsp3) is 0.545. The molecule has 1 aliphatic heterocycles. The topological polar surface area (TPSA) is 84.4 Å². The highest BCUT2D eigenvalue weighted by atomic mass is 19.4. The molecular formula is C33H39F7N4O4. The molecule has 48 heavy (non-hydrogen) atoms. The molecule has 1 saturated heterocycles. The second-order valence-corrected chi connectivity index (χ2v) is 13.0. The lowest BCUT2D eigenvalue weighted by Gasteiger charge is -2.36. The van der Waals surface area contributed by atoms with E-state index in [9.17, 15) is 50.2 Å². The summed E-state index contributed by atoms with van der Waals surface area (Å²) in [4.78, 5) is 44.2. The molecule has 0 spiro atoms. The number of rotatable bonds is 7. The summed E-state index contributed by atoms with van der Waals surface area (Å²) in [7, 11) is 2.42. The number of benzene rings is 2. The van der Waals surface area contributed by atoms with Crippen molar-refractivity contribution >= 4 is 23.7 Å². The van der Waals surface area contributed by atoms with Crippen LogP contribution in [0.2, 0.25) is 0 Å². The first-order valence-corrected chi connectivity index (χ1v) is 15.6. The Morgan fingerprint density at radius 2 is 1.42 bits per heavy atom. The van der Waals surface area contributed by atoms with E-state index < -0.39 is 65.0 Å². The van der Waals surface area contributed by atoms with E-state index in [2.05, 4.69) is 0 Å². The molecule has 4 rings (SSSR count). The summed E-state index contributed by atoms with van der Waals surface area (Å²) in [6.07, 6.45) is -9.34. The molecule has 15 heteroatoms. The number of likely N-dealkylation sites (N-methyl/N-ethyl adjacent to an activating group) is 1. The van der Waals surface area contributed by atoms with Gasteiger partial charge in [0.2, 0.25) is 5.91 Å². The molecule has 1 heterocycles. The molecule has 8 nitrogen and oxygen atoms in total. The molecule has 1 N–H and O–H groups in total. The van der Waals surface area contributed by atoms with Crippen LogP contribution >= 0.6 is 0 Å². The predicted octanol–water partition coefficient (Wildman–Crippen LogP) is 7.54. The SMILES string of the molecule is CC(C)CN(C(=O)O)[C@H]1CC[C@H](C(=O)N2C[C@@H](N(C)C(=O)N(C)c3cc(C(F)(F)F)cc(C(F)(F)F)c3)[C@H](c3ccc(F)cc3)C2)CC1. The first-order valence-electron chi connectivity index (χ1n) is 15.6. The van der Waals surface area contributed by atoms with E-state index in [-0.39, 0.29) is 37.0 Å². The van der Waals surface area contributed by atoms with Crippen LogP contribution in [0.5, 0.6) is 0 Å². The number of anilines is 1. The summed E-state index contributed by atoms with van der Waals surface area (Å²) >= 11 is 0. The van der Waals surface area contributed by atoms with E-state index in [1.165, 1.54) is 41.1 Å². The zero-order valence-corrected chi connectivity index (χ0v) is 27.0. The second-order valence-electron chi connectivity index (χ2n) is 13.0. The smallest absolute Gasteiger partial charge is 0.416 e. The third kappa shape index (κ3) is 8.32. The Morgan fingerprint density at radius 3 is 1.90 bits per heavy atom. The van der Waals surface area contributed by atoms with Gasteiger partial charge in [0.05, 0.1) is 17.2 Å². The van der Waals surface area contributed by atoms with Crippen molar-refractivity contribution in [2.24, 2.45) is 11.8 Å². The molecule has 4 amide bonds. The number of urea groups is 1. The molecule has 2 atom stereocenters. The molecule has 1 saturated carbocycles. The van der Waals surface area contributed by atoms with Crippen molar-refractivity contribution in [1.29, 1.82) is 0 Å². The average molecular weight is 689 g/mol. The highest BCUT2D eigenvalue weighted by Gasteiger charge is 2.44. The highest BCUT2D eigenvalue weighted by Crippen LogP contribution is 2.39. The van der Waals surface area contributed by atoms with Crippen LogP contribution in [-0.4, -0.2) is 83.7 Å². The van der Waals surface area contributed by atoms with Crippen LogP contribution < -0.4 is 4.90 Å². The van der Waals surface area contributed by atoms with Crippen LogP contribution in [0.3, 0.4) is 0 Å². The molecule has 0 unspecified atom stereocenters. The molecule has 2 fully saturated rings. The molecule has 0 radical (unpaired) electrons. The standard InChI is InChI=1S/C33H39F7N4O4/c1-19(2)16-44(31(47)48)25-11-7-21(8-12-25)29(45)43-17-27(20-5-9-24(34)10-6-20)28(18-43)42(4)30(46)41(3)26-14-22(32(35,36)37)13-23(15-26)33(38,39)40/h5-6,9-10,13-15,19,21,25,27-28H,7-8,11-12,16-18H2,1-4H3,(H,47,48)/t21-,25-,27-,28+/m0/s1.